The fourth-order valence-corrected chi connectivity index (χ4v) is 3.19. The van der Waals surface area contributed by atoms with Gasteiger partial charge in [0.2, 0.25) is 0 Å². The van der Waals surface area contributed by atoms with E-state index in [9.17, 15) is 5.11 Å². The summed E-state index contributed by atoms with van der Waals surface area (Å²) < 4.78 is 5.43. The number of ether oxygens (including phenoxy) is 1. The second-order valence-electron chi connectivity index (χ2n) is 6.06. The first-order valence-electron chi connectivity index (χ1n) is 7.53. The molecule has 0 bridgehead atoms. The van der Waals surface area contributed by atoms with Crippen LogP contribution in [-0.4, -0.2) is 18.3 Å². The van der Waals surface area contributed by atoms with E-state index in [1.54, 1.807) is 7.11 Å². The molecule has 2 aromatic carbocycles. The second kappa shape index (κ2) is 5.53. The van der Waals surface area contributed by atoms with Crippen LogP contribution in [0.3, 0.4) is 0 Å². The van der Waals surface area contributed by atoms with Crippen molar-refractivity contribution in [3.8, 4) is 5.75 Å². The molecule has 1 N–H and O–H groups in total. The van der Waals surface area contributed by atoms with Gasteiger partial charge in [0.1, 0.15) is 5.75 Å². The summed E-state index contributed by atoms with van der Waals surface area (Å²) in [6.07, 6.45) is 2.40. The Labute approximate surface area is 126 Å². The molecule has 0 aromatic heterocycles. The van der Waals surface area contributed by atoms with Crippen molar-refractivity contribution in [3.63, 3.8) is 0 Å². The van der Waals surface area contributed by atoms with Gasteiger partial charge in [0, 0.05) is 11.8 Å². The van der Waals surface area contributed by atoms with Gasteiger partial charge < -0.3 is 9.84 Å². The molecule has 1 aliphatic rings. The third-order valence-electron chi connectivity index (χ3n) is 4.62. The summed E-state index contributed by atoms with van der Waals surface area (Å²) in [5.74, 6) is 0.864. The smallest absolute Gasteiger partial charge is 0.122 e. The third kappa shape index (κ3) is 2.68. The molecule has 0 saturated heterocycles. The van der Waals surface area contributed by atoms with E-state index in [0.717, 1.165) is 24.2 Å². The number of hydrogen-bond acceptors (Lipinski definition) is 2. The Hall–Kier alpha value is -1.80. The lowest BCUT2D eigenvalue weighted by atomic mass is 9.86. The molecule has 21 heavy (non-hydrogen) atoms. The first-order chi connectivity index (χ1) is 10.2. The Bertz CT molecular complexity index is 615. The Kier molecular flexibility index (Phi) is 3.73. The minimum absolute atomic E-state index is 0.0595. The van der Waals surface area contributed by atoms with Gasteiger partial charge in [0.15, 0.2) is 0 Å². The predicted octanol–water partition coefficient (Wildman–Crippen LogP) is 3.64. The Morgan fingerprint density at radius 3 is 2.48 bits per heavy atom. The minimum Gasteiger partial charge on any atom is -0.496 e. The predicted molar refractivity (Wildman–Crippen MR) is 84.8 cm³/mol. The zero-order valence-corrected chi connectivity index (χ0v) is 12.7. The molecule has 2 heteroatoms. The molecule has 110 valence electrons. The van der Waals surface area contributed by atoms with Gasteiger partial charge in [-0.2, -0.15) is 0 Å². The van der Waals surface area contributed by atoms with Crippen molar-refractivity contribution >= 4 is 0 Å². The number of aliphatic hydroxyl groups is 1. The zero-order valence-electron chi connectivity index (χ0n) is 12.7. The van der Waals surface area contributed by atoms with Crippen molar-refractivity contribution in [3.05, 3.63) is 65.2 Å². The molecular formula is C19H22O2. The molecule has 1 saturated carbocycles. The van der Waals surface area contributed by atoms with Crippen LogP contribution in [0.1, 0.15) is 29.5 Å². The van der Waals surface area contributed by atoms with Crippen molar-refractivity contribution in [1.29, 1.82) is 0 Å². The van der Waals surface area contributed by atoms with Crippen molar-refractivity contribution < 1.29 is 9.84 Å². The maximum Gasteiger partial charge on any atom is 0.122 e. The van der Waals surface area contributed by atoms with Gasteiger partial charge in [-0.05, 0) is 37.0 Å². The van der Waals surface area contributed by atoms with Crippen molar-refractivity contribution in [2.45, 2.75) is 37.7 Å². The molecular weight excluding hydrogens is 260 g/mol. The monoisotopic (exact) mass is 282 g/mol. The van der Waals surface area contributed by atoms with Gasteiger partial charge in [-0.15, -0.1) is 0 Å². The fourth-order valence-electron chi connectivity index (χ4n) is 3.19. The van der Waals surface area contributed by atoms with Crippen LogP contribution in [-0.2, 0) is 11.8 Å². The highest BCUT2D eigenvalue weighted by Crippen LogP contribution is 2.51. The highest BCUT2D eigenvalue weighted by atomic mass is 16.5. The van der Waals surface area contributed by atoms with E-state index in [1.807, 2.05) is 18.2 Å². The zero-order chi connectivity index (χ0) is 14.9. The lowest BCUT2D eigenvalue weighted by Crippen LogP contribution is -2.28. The summed E-state index contributed by atoms with van der Waals surface area (Å²) in [6.45, 7) is 2.07. The first kappa shape index (κ1) is 14.2. The maximum atomic E-state index is 10.8. The number of aryl methyl sites for hydroxylation is 1. The summed E-state index contributed by atoms with van der Waals surface area (Å²) in [5.41, 5.74) is 3.48. The van der Waals surface area contributed by atoms with E-state index >= 15 is 0 Å². The van der Waals surface area contributed by atoms with Crippen molar-refractivity contribution in [2.24, 2.45) is 0 Å². The van der Waals surface area contributed by atoms with Crippen LogP contribution in [0.25, 0.3) is 0 Å². The SMILES string of the molecule is COc1ccc(C)cc1CC(O)C1(c2ccccc2)CC1. The molecule has 0 amide bonds. The summed E-state index contributed by atoms with van der Waals surface area (Å²) in [6, 6.07) is 16.5. The normalized spacial score (nSPS) is 17.3. The maximum absolute atomic E-state index is 10.8. The number of methoxy groups -OCH3 is 1. The summed E-state index contributed by atoms with van der Waals surface area (Å²) in [5, 5.41) is 10.8. The van der Waals surface area contributed by atoms with Crippen molar-refractivity contribution in [1.82, 2.24) is 0 Å². The van der Waals surface area contributed by atoms with Crippen LogP contribution in [0.15, 0.2) is 48.5 Å². The highest BCUT2D eigenvalue weighted by Gasteiger charge is 2.50. The standard InChI is InChI=1S/C19H22O2/c1-14-8-9-17(21-2)15(12-14)13-18(20)19(10-11-19)16-6-4-3-5-7-16/h3-9,12,18,20H,10-11,13H2,1-2H3. The summed E-state index contributed by atoms with van der Waals surface area (Å²) >= 11 is 0. The average Bonchev–Trinajstić information content (AvgIpc) is 3.30. The topological polar surface area (TPSA) is 29.5 Å². The number of aliphatic hydroxyl groups excluding tert-OH is 1. The minimum atomic E-state index is -0.365. The van der Waals surface area contributed by atoms with Gasteiger partial charge in [0.25, 0.3) is 0 Å². The Morgan fingerprint density at radius 1 is 1.14 bits per heavy atom. The molecule has 1 fully saturated rings. The molecule has 0 aliphatic heterocycles. The first-order valence-corrected chi connectivity index (χ1v) is 7.53. The van der Waals surface area contributed by atoms with Crippen LogP contribution >= 0.6 is 0 Å². The van der Waals surface area contributed by atoms with E-state index < -0.39 is 0 Å². The van der Waals surface area contributed by atoms with E-state index in [-0.39, 0.29) is 11.5 Å². The average molecular weight is 282 g/mol. The summed E-state index contributed by atoms with van der Waals surface area (Å²) in [7, 11) is 1.69. The molecule has 0 spiro atoms. The number of hydrogen-bond donors (Lipinski definition) is 1. The van der Waals surface area contributed by atoms with E-state index in [4.69, 9.17) is 4.74 Å². The number of benzene rings is 2. The van der Waals surface area contributed by atoms with E-state index in [0.29, 0.717) is 6.42 Å². The van der Waals surface area contributed by atoms with Crippen LogP contribution in [0.4, 0.5) is 0 Å². The molecule has 0 radical (unpaired) electrons. The number of rotatable bonds is 5. The van der Waals surface area contributed by atoms with E-state index in [1.165, 1.54) is 11.1 Å². The van der Waals surface area contributed by atoms with Gasteiger partial charge >= 0.3 is 0 Å². The van der Waals surface area contributed by atoms with Crippen molar-refractivity contribution in [2.75, 3.05) is 7.11 Å². The second-order valence-corrected chi connectivity index (χ2v) is 6.06. The van der Waals surface area contributed by atoms with Crippen LogP contribution < -0.4 is 4.74 Å². The quantitative estimate of drug-likeness (QED) is 0.907. The molecule has 2 nitrogen and oxygen atoms in total. The molecule has 1 aliphatic carbocycles. The molecule has 2 aromatic rings. The molecule has 1 unspecified atom stereocenters. The molecule has 3 rings (SSSR count). The fraction of sp³-hybridized carbons (Fsp3) is 0.368. The third-order valence-corrected chi connectivity index (χ3v) is 4.62. The van der Waals surface area contributed by atoms with Crippen LogP contribution in [0.2, 0.25) is 0 Å². The highest BCUT2D eigenvalue weighted by molar-refractivity contribution is 5.40. The van der Waals surface area contributed by atoms with E-state index in [2.05, 4.69) is 37.3 Å². The van der Waals surface area contributed by atoms with Gasteiger partial charge in [0.05, 0.1) is 13.2 Å². The largest absolute Gasteiger partial charge is 0.496 e. The van der Waals surface area contributed by atoms with Gasteiger partial charge in [-0.25, -0.2) is 0 Å². The molecule has 0 heterocycles. The van der Waals surface area contributed by atoms with Crippen LogP contribution in [0, 0.1) is 6.92 Å². The van der Waals surface area contributed by atoms with Gasteiger partial charge in [-0.1, -0.05) is 48.0 Å². The molecule has 1 atom stereocenters. The summed E-state index contributed by atoms with van der Waals surface area (Å²) in [4.78, 5) is 0. The lowest BCUT2D eigenvalue weighted by Gasteiger charge is -2.24. The Morgan fingerprint density at radius 2 is 1.86 bits per heavy atom. The van der Waals surface area contributed by atoms with Crippen LogP contribution in [0.5, 0.6) is 5.75 Å². The lowest BCUT2D eigenvalue weighted by molar-refractivity contribution is 0.131. The van der Waals surface area contributed by atoms with Gasteiger partial charge in [-0.3, -0.25) is 0 Å². The Balaban J connectivity index is 1.84.